The van der Waals surface area contributed by atoms with Crippen molar-refractivity contribution in [2.75, 3.05) is 23.3 Å². The normalized spacial score (nSPS) is 14.6. The molecule has 1 N–H and O–H groups in total. The van der Waals surface area contributed by atoms with Crippen LogP contribution in [0.1, 0.15) is 12.8 Å². The summed E-state index contributed by atoms with van der Waals surface area (Å²) in [6, 6.07) is 15.6. The number of piperidine rings is 1. The number of hydrogen-bond acceptors (Lipinski definition) is 8. The fourth-order valence-corrected chi connectivity index (χ4v) is 4.37. The molecule has 9 nitrogen and oxygen atoms in total. The van der Waals surface area contributed by atoms with Crippen LogP contribution in [0.25, 0.3) is 5.65 Å². The maximum atomic E-state index is 12.7. The first-order chi connectivity index (χ1) is 15.2. The van der Waals surface area contributed by atoms with Gasteiger partial charge in [0.05, 0.1) is 0 Å². The zero-order valence-electron chi connectivity index (χ0n) is 16.6. The molecule has 10 heteroatoms. The molecule has 0 bridgehead atoms. The second kappa shape index (κ2) is 8.68. The quantitative estimate of drug-likeness (QED) is 0.514. The van der Waals surface area contributed by atoms with Gasteiger partial charge in [0.1, 0.15) is 0 Å². The van der Waals surface area contributed by atoms with Gasteiger partial charge in [-0.3, -0.25) is 9.78 Å². The topological polar surface area (TPSA) is 101 Å². The summed E-state index contributed by atoms with van der Waals surface area (Å²) in [6.07, 6.45) is 5.11. The number of pyridine rings is 1. The predicted octanol–water partition coefficient (Wildman–Crippen LogP) is 2.92. The van der Waals surface area contributed by atoms with Gasteiger partial charge in [-0.2, -0.15) is 0 Å². The molecular formula is C21H20N8OS. The van der Waals surface area contributed by atoms with Gasteiger partial charge in [0.25, 0.3) is 0 Å². The summed E-state index contributed by atoms with van der Waals surface area (Å²) >= 11 is 1.66. The van der Waals surface area contributed by atoms with Crippen LogP contribution < -0.4 is 10.2 Å². The van der Waals surface area contributed by atoms with E-state index >= 15 is 0 Å². The highest BCUT2D eigenvalue weighted by atomic mass is 32.2. The number of nitrogens with one attached hydrogen (secondary N) is 1. The fourth-order valence-electron chi connectivity index (χ4n) is 3.57. The van der Waals surface area contributed by atoms with Crippen LogP contribution in [-0.2, 0) is 4.79 Å². The molecule has 0 unspecified atom stereocenters. The minimum Gasteiger partial charge on any atom is -0.355 e. The number of amides is 1. The van der Waals surface area contributed by atoms with Crippen molar-refractivity contribution < 1.29 is 4.79 Å². The highest BCUT2D eigenvalue weighted by Gasteiger charge is 2.26. The average molecular weight is 433 g/mol. The number of carbonyl (C=O) groups is 1. The maximum absolute atomic E-state index is 12.7. The van der Waals surface area contributed by atoms with Gasteiger partial charge in [0.15, 0.2) is 11.5 Å². The number of anilines is 2. The van der Waals surface area contributed by atoms with E-state index in [9.17, 15) is 4.79 Å². The molecule has 0 spiro atoms. The highest BCUT2D eigenvalue weighted by Crippen LogP contribution is 2.28. The lowest BCUT2D eigenvalue weighted by Crippen LogP contribution is -2.38. The molecule has 1 saturated heterocycles. The maximum Gasteiger partial charge on any atom is 0.227 e. The van der Waals surface area contributed by atoms with Gasteiger partial charge >= 0.3 is 0 Å². The van der Waals surface area contributed by atoms with Crippen LogP contribution in [-0.4, -0.2) is 49.2 Å². The summed E-state index contributed by atoms with van der Waals surface area (Å²) < 4.78 is 1.42. The first-order valence-corrected chi connectivity index (χ1v) is 10.9. The van der Waals surface area contributed by atoms with Crippen LogP contribution in [0.2, 0.25) is 0 Å². The highest BCUT2D eigenvalue weighted by molar-refractivity contribution is 7.99. The Balaban J connectivity index is 1.15. The van der Waals surface area contributed by atoms with E-state index in [4.69, 9.17) is 0 Å². The SMILES string of the molecule is O=C(Nc1ccc(Sc2ccncc2)cc1)C1CCN(c2ccc3nnnn3n2)CC1. The van der Waals surface area contributed by atoms with Crippen molar-refractivity contribution in [2.45, 2.75) is 22.6 Å². The van der Waals surface area contributed by atoms with E-state index in [1.807, 2.05) is 48.5 Å². The number of nitrogens with zero attached hydrogens (tertiary/aromatic N) is 7. The molecule has 1 fully saturated rings. The Hall–Kier alpha value is -3.53. The van der Waals surface area contributed by atoms with E-state index < -0.39 is 0 Å². The monoisotopic (exact) mass is 432 g/mol. The lowest BCUT2D eigenvalue weighted by atomic mass is 9.96. The Labute approximate surface area is 182 Å². The van der Waals surface area contributed by atoms with Crippen molar-refractivity contribution in [3.63, 3.8) is 0 Å². The zero-order valence-corrected chi connectivity index (χ0v) is 17.4. The summed E-state index contributed by atoms with van der Waals surface area (Å²) in [5.74, 6) is 0.873. The minimum atomic E-state index is -0.0149. The van der Waals surface area contributed by atoms with Crippen LogP contribution in [0.5, 0.6) is 0 Å². The van der Waals surface area contributed by atoms with Crippen molar-refractivity contribution in [1.29, 1.82) is 0 Å². The second-order valence-corrected chi connectivity index (χ2v) is 8.42. The molecule has 3 aromatic heterocycles. The molecule has 1 aromatic carbocycles. The largest absolute Gasteiger partial charge is 0.355 e. The van der Waals surface area contributed by atoms with Crippen LogP contribution in [0.4, 0.5) is 11.5 Å². The summed E-state index contributed by atoms with van der Waals surface area (Å²) in [5, 5.41) is 18.8. The summed E-state index contributed by atoms with van der Waals surface area (Å²) in [7, 11) is 0. The predicted molar refractivity (Wildman–Crippen MR) is 117 cm³/mol. The number of carbonyl (C=O) groups excluding carboxylic acids is 1. The van der Waals surface area contributed by atoms with E-state index in [2.05, 4.69) is 35.8 Å². The van der Waals surface area contributed by atoms with Gasteiger partial charge in [-0.1, -0.05) is 11.8 Å². The van der Waals surface area contributed by atoms with E-state index in [0.717, 1.165) is 47.2 Å². The van der Waals surface area contributed by atoms with Crippen molar-refractivity contribution in [3.05, 3.63) is 60.9 Å². The molecule has 1 aliphatic heterocycles. The Morgan fingerprint density at radius 3 is 2.48 bits per heavy atom. The van der Waals surface area contributed by atoms with E-state index in [0.29, 0.717) is 5.65 Å². The summed E-state index contributed by atoms with van der Waals surface area (Å²) in [5.41, 5.74) is 1.43. The fraction of sp³-hybridized carbons (Fsp3) is 0.238. The van der Waals surface area contributed by atoms with Gasteiger partial charge < -0.3 is 10.2 Å². The molecule has 0 aliphatic carbocycles. The third-order valence-corrected chi connectivity index (χ3v) is 6.27. The molecule has 4 aromatic rings. The molecule has 31 heavy (non-hydrogen) atoms. The molecule has 4 heterocycles. The van der Waals surface area contributed by atoms with Gasteiger partial charge in [0, 0.05) is 46.9 Å². The molecule has 1 aliphatic rings. The van der Waals surface area contributed by atoms with Crippen molar-refractivity contribution in [1.82, 2.24) is 30.2 Å². The third kappa shape index (κ3) is 4.48. The average Bonchev–Trinajstić information content (AvgIpc) is 3.29. The van der Waals surface area contributed by atoms with Crippen molar-refractivity contribution in [3.8, 4) is 0 Å². The molecule has 5 rings (SSSR count). The minimum absolute atomic E-state index is 0.0149. The van der Waals surface area contributed by atoms with Crippen molar-refractivity contribution in [2.24, 2.45) is 5.92 Å². The van der Waals surface area contributed by atoms with Gasteiger partial charge in [-0.05, 0) is 71.8 Å². The Morgan fingerprint density at radius 1 is 0.968 bits per heavy atom. The number of rotatable bonds is 5. The van der Waals surface area contributed by atoms with Crippen LogP contribution >= 0.6 is 11.8 Å². The molecule has 0 radical (unpaired) electrons. The number of fused-ring (bicyclic) bond motifs is 1. The lowest BCUT2D eigenvalue weighted by molar-refractivity contribution is -0.120. The first kappa shape index (κ1) is 19.4. The zero-order chi connectivity index (χ0) is 21.0. The molecular weight excluding hydrogens is 412 g/mol. The van der Waals surface area contributed by atoms with Gasteiger partial charge in [-0.25, -0.2) is 0 Å². The van der Waals surface area contributed by atoms with E-state index in [1.54, 1.807) is 24.2 Å². The van der Waals surface area contributed by atoms with Crippen LogP contribution in [0, 0.1) is 5.92 Å². The van der Waals surface area contributed by atoms with Crippen molar-refractivity contribution >= 4 is 34.8 Å². The number of benzene rings is 1. The van der Waals surface area contributed by atoms with E-state index in [1.165, 1.54) is 4.63 Å². The molecule has 0 atom stereocenters. The Bertz CT molecular complexity index is 1170. The number of aromatic nitrogens is 6. The lowest BCUT2D eigenvalue weighted by Gasteiger charge is -2.31. The smallest absolute Gasteiger partial charge is 0.227 e. The molecule has 1 amide bonds. The van der Waals surface area contributed by atoms with Crippen LogP contribution in [0.3, 0.4) is 0 Å². The van der Waals surface area contributed by atoms with Crippen LogP contribution in [0.15, 0.2) is 70.7 Å². The first-order valence-electron chi connectivity index (χ1n) is 10.0. The van der Waals surface area contributed by atoms with Gasteiger partial charge in [0.2, 0.25) is 5.91 Å². The van der Waals surface area contributed by atoms with Gasteiger partial charge in [-0.15, -0.1) is 14.8 Å². The Morgan fingerprint density at radius 2 is 1.71 bits per heavy atom. The summed E-state index contributed by atoms with van der Waals surface area (Å²) in [4.78, 5) is 21.2. The van der Waals surface area contributed by atoms with E-state index in [-0.39, 0.29) is 11.8 Å². The second-order valence-electron chi connectivity index (χ2n) is 7.28. The molecule has 156 valence electrons. The Kier molecular flexibility index (Phi) is 5.44. The number of hydrogen-bond donors (Lipinski definition) is 1. The number of tetrazole rings is 1. The standard InChI is InChI=1S/C21H20N8OS/c30-21(23-16-1-3-17(4-2-16)31-18-7-11-22-12-8-18)15-9-13-28(14-10-15)20-6-5-19-24-26-27-29(19)25-20/h1-8,11-12,15H,9-10,13-14H2,(H,23,30). The molecule has 0 saturated carbocycles. The summed E-state index contributed by atoms with van der Waals surface area (Å²) in [6.45, 7) is 1.53. The third-order valence-electron chi connectivity index (χ3n) is 5.25.